The van der Waals surface area contributed by atoms with Crippen molar-refractivity contribution < 1.29 is 14.7 Å². The molecule has 0 radical (unpaired) electrons. The molecule has 0 spiro atoms. The van der Waals surface area contributed by atoms with Crippen LogP contribution in [0.2, 0.25) is 0 Å². The number of carboxylic acid groups (broad SMARTS) is 1. The molecule has 6 N–H and O–H groups in total. The molecule has 3 aromatic heterocycles. The molecule has 3 aromatic rings. The molecule has 11 nitrogen and oxygen atoms in total. The van der Waals surface area contributed by atoms with Crippen LogP contribution in [0.15, 0.2) is 18.3 Å². The lowest BCUT2D eigenvalue weighted by Crippen LogP contribution is -2.33. The summed E-state index contributed by atoms with van der Waals surface area (Å²) in [5.41, 5.74) is 8.72. The number of nitrogens with two attached hydrogens (primary N) is 1. The summed E-state index contributed by atoms with van der Waals surface area (Å²) in [6.07, 6.45) is 1.99. The number of urea groups is 1. The number of unbranched alkanes of at least 4 members (excludes halogenated alkanes) is 1. The smallest absolute Gasteiger partial charge is 0.404 e. The average Bonchev–Trinajstić information content (AvgIpc) is 3.05. The van der Waals surface area contributed by atoms with E-state index in [1.54, 1.807) is 12.3 Å². The van der Waals surface area contributed by atoms with Gasteiger partial charge in [-0.3, -0.25) is 4.98 Å². The average molecular weight is 386 g/mol. The summed E-state index contributed by atoms with van der Waals surface area (Å²) >= 11 is 0. The number of aryl methyl sites for hydroxylation is 1. The van der Waals surface area contributed by atoms with Crippen molar-refractivity contribution in [3.05, 3.63) is 24.2 Å². The van der Waals surface area contributed by atoms with Crippen molar-refractivity contribution in [1.82, 2.24) is 35.5 Å². The van der Waals surface area contributed by atoms with Crippen molar-refractivity contribution in [1.29, 1.82) is 0 Å². The van der Waals surface area contributed by atoms with Gasteiger partial charge in [-0.15, -0.1) is 0 Å². The van der Waals surface area contributed by atoms with Gasteiger partial charge in [0.2, 0.25) is 0 Å². The van der Waals surface area contributed by atoms with Crippen LogP contribution in [-0.4, -0.2) is 50.3 Å². The molecule has 0 aromatic carbocycles. The van der Waals surface area contributed by atoms with Gasteiger partial charge in [0.05, 0.1) is 12.1 Å². The molecule has 28 heavy (non-hydrogen) atoms. The Labute approximate surface area is 160 Å². The van der Waals surface area contributed by atoms with Crippen LogP contribution >= 0.6 is 0 Å². The van der Waals surface area contributed by atoms with Gasteiger partial charge < -0.3 is 31.4 Å². The number of imidazole rings is 1. The van der Waals surface area contributed by atoms with Crippen molar-refractivity contribution in [3.8, 4) is 0 Å². The molecule has 3 amide bonds. The summed E-state index contributed by atoms with van der Waals surface area (Å²) < 4.78 is 1.96. The molecule has 3 rings (SSSR count). The lowest BCUT2D eigenvalue weighted by atomic mass is 10.2. The second-order valence-electron chi connectivity index (χ2n) is 6.12. The zero-order chi connectivity index (χ0) is 20.1. The zero-order valence-electron chi connectivity index (χ0n) is 15.4. The highest BCUT2D eigenvalue weighted by molar-refractivity contribution is 6.04. The number of hydrogen-bond donors (Lipinski definition) is 5. The summed E-state index contributed by atoms with van der Waals surface area (Å²) in [5, 5.41) is 16.3. The fourth-order valence-corrected chi connectivity index (χ4v) is 2.98. The van der Waals surface area contributed by atoms with Crippen LogP contribution in [0.3, 0.4) is 0 Å². The van der Waals surface area contributed by atoms with E-state index in [2.05, 4.69) is 30.9 Å². The van der Waals surface area contributed by atoms with Gasteiger partial charge in [0.15, 0.2) is 5.82 Å². The molecule has 0 unspecified atom stereocenters. The van der Waals surface area contributed by atoms with E-state index in [1.807, 2.05) is 10.6 Å². The number of nitrogens with zero attached hydrogens (tertiary/aromatic N) is 4. The number of nitrogen functional groups attached to an aromatic ring is 1. The van der Waals surface area contributed by atoms with Crippen molar-refractivity contribution >= 4 is 40.0 Å². The van der Waals surface area contributed by atoms with Crippen molar-refractivity contribution in [2.24, 2.45) is 0 Å². The maximum Gasteiger partial charge on any atom is 0.404 e. The van der Waals surface area contributed by atoms with Crippen molar-refractivity contribution in [2.45, 2.75) is 25.9 Å². The first-order valence-corrected chi connectivity index (χ1v) is 8.83. The topological polar surface area (TPSA) is 160 Å². The molecule has 0 fully saturated rings. The van der Waals surface area contributed by atoms with E-state index in [1.165, 1.54) is 7.05 Å². The highest BCUT2D eigenvalue weighted by Crippen LogP contribution is 2.27. The number of pyridine rings is 2. The highest BCUT2D eigenvalue weighted by Gasteiger charge is 2.18. The number of anilines is 1. The Kier molecular flexibility index (Phi) is 5.72. The van der Waals surface area contributed by atoms with Gasteiger partial charge in [-0.1, -0.05) is 0 Å². The van der Waals surface area contributed by atoms with Crippen LogP contribution in [0.5, 0.6) is 0 Å². The summed E-state index contributed by atoms with van der Waals surface area (Å²) in [5.74, 6) is 0.916. The first-order chi connectivity index (χ1) is 13.5. The summed E-state index contributed by atoms with van der Waals surface area (Å²) in [6, 6.07) is 3.29. The summed E-state index contributed by atoms with van der Waals surface area (Å²) in [7, 11) is 1.53. The monoisotopic (exact) mass is 386 g/mol. The lowest BCUT2D eigenvalue weighted by molar-refractivity contribution is 0.194. The molecule has 3 heterocycles. The quantitative estimate of drug-likeness (QED) is 0.379. The Hall–Kier alpha value is -3.63. The van der Waals surface area contributed by atoms with E-state index in [9.17, 15) is 9.59 Å². The summed E-state index contributed by atoms with van der Waals surface area (Å²) in [4.78, 5) is 35.5. The van der Waals surface area contributed by atoms with Gasteiger partial charge in [0.25, 0.3) is 0 Å². The Morgan fingerprint density at radius 3 is 2.79 bits per heavy atom. The standard InChI is InChI=1S/C17H22N8O3/c1-19-16(26)22-9-11-24-13-14(25(11)8-3-2-6-21-17(27)28)12-10(23-15(13)18)5-4-7-20-12/h4-5,7,21H,2-3,6,8-9H2,1H3,(H2,18,23)(H,27,28)(H2,19,22,26). The SMILES string of the molecule is CNC(=O)NCc1nc2c(N)nc3cccnc3c2n1CCCCNC(=O)O. The highest BCUT2D eigenvalue weighted by atomic mass is 16.4. The van der Waals surface area contributed by atoms with Gasteiger partial charge in [0, 0.05) is 26.3 Å². The first kappa shape index (κ1) is 19.1. The maximum atomic E-state index is 11.6. The minimum atomic E-state index is -1.04. The van der Waals surface area contributed by atoms with E-state index in [0.29, 0.717) is 54.1 Å². The van der Waals surface area contributed by atoms with Crippen molar-refractivity contribution in [2.75, 3.05) is 19.3 Å². The van der Waals surface area contributed by atoms with Crippen LogP contribution < -0.4 is 21.7 Å². The van der Waals surface area contributed by atoms with E-state index in [0.717, 1.165) is 5.52 Å². The molecule has 148 valence electrons. The number of fused-ring (bicyclic) bond motifs is 3. The Morgan fingerprint density at radius 2 is 2.04 bits per heavy atom. The molecule has 0 aliphatic heterocycles. The van der Waals surface area contributed by atoms with E-state index >= 15 is 0 Å². The molecule has 0 saturated carbocycles. The van der Waals surface area contributed by atoms with Gasteiger partial charge >= 0.3 is 12.1 Å². The van der Waals surface area contributed by atoms with E-state index in [-0.39, 0.29) is 12.6 Å². The predicted octanol–water partition coefficient (Wildman–Crippen LogP) is 1.04. The first-order valence-electron chi connectivity index (χ1n) is 8.83. The maximum absolute atomic E-state index is 11.6. The number of carbonyl (C=O) groups is 2. The van der Waals surface area contributed by atoms with Gasteiger partial charge in [-0.05, 0) is 25.0 Å². The molecular weight excluding hydrogens is 364 g/mol. The molecule has 0 aliphatic rings. The number of carbonyl (C=O) groups excluding carboxylic acids is 1. The van der Waals surface area contributed by atoms with E-state index in [4.69, 9.17) is 10.8 Å². The number of amides is 3. The van der Waals surface area contributed by atoms with Crippen LogP contribution in [-0.2, 0) is 13.1 Å². The molecule has 11 heteroatoms. The predicted molar refractivity (Wildman–Crippen MR) is 104 cm³/mol. The Bertz CT molecular complexity index is 1020. The molecule has 0 aliphatic carbocycles. The van der Waals surface area contributed by atoms with Crippen LogP contribution in [0, 0.1) is 0 Å². The zero-order valence-corrected chi connectivity index (χ0v) is 15.4. The normalized spacial score (nSPS) is 10.9. The molecule has 0 atom stereocenters. The number of hydrogen-bond acceptors (Lipinski definition) is 6. The Balaban J connectivity index is 1.97. The third-order valence-electron chi connectivity index (χ3n) is 4.26. The summed E-state index contributed by atoms with van der Waals surface area (Å²) in [6.45, 7) is 1.13. The van der Waals surface area contributed by atoms with Gasteiger partial charge in [-0.2, -0.15) is 0 Å². The second kappa shape index (κ2) is 8.37. The minimum Gasteiger partial charge on any atom is -0.465 e. The van der Waals surface area contributed by atoms with Crippen LogP contribution in [0.4, 0.5) is 15.4 Å². The fourth-order valence-electron chi connectivity index (χ4n) is 2.98. The van der Waals surface area contributed by atoms with Crippen LogP contribution in [0.1, 0.15) is 18.7 Å². The van der Waals surface area contributed by atoms with Gasteiger partial charge in [-0.25, -0.2) is 19.6 Å². The van der Waals surface area contributed by atoms with Crippen LogP contribution in [0.25, 0.3) is 22.1 Å². The fraction of sp³-hybridized carbons (Fsp3) is 0.353. The molecule has 0 saturated heterocycles. The number of nitrogens with one attached hydrogen (secondary N) is 3. The molecule has 0 bridgehead atoms. The van der Waals surface area contributed by atoms with Crippen molar-refractivity contribution in [3.63, 3.8) is 0 Å². The Morgan fingerprint density at radius 1 is 1.21 bits per heavy atom. The molecular formula is C17H22N8O3. The number of rotatable bonds is 7. The third-order valence-corrected chi connectivity index (χ3v) is 4.26. The second-order valence-corrected chi connectivity index (χ2v) is 6.12. The number of aromatic nitrogens is 4. The third kappa shape index (κ3) is 4.03. The minimum absolute atomic E-state index is 0.204. The largest absolute Gasteiger partial charge is 0.465 e. The van der Waals surface area contributed by atoms with E-state index < -0.39 is 6.09 Å². The van der Waals surface area contributed by atoms with Gasteiger partial charge in [0.1, 0.15) is 22.4 Å². The lowest BCUT2D eigenvalue weighted by Gasteiger charge is -2.11.